The molecule has 1 unspecified atom stereocenters. The Morgan fingerprint density at radius 1 is 1.60 bits per heavy atom. The van der Waals surface area contributed by atoms with Crippen molar-refractivity contribution in [2.75, 3.05) is 6.61 Å². The third kappa shape index (κ3) is 3.02. The maximum Gasteiger partial charge on any atom is 0.695 e. The summed E-state index contributed by atoms with van der Waals surface area (Å²) in [6, 6.07) is 0. The van der Waals surface area contributed by atoms with Crippen LogP contribution in [-0.2, 0) is 13.8 Å². The van der Waals surface area contributed by atoms with Crippen molar-refractivity contribution in [3.63, 3.8) is 0 Å². The Hall–Kier alpha value is -1.38. The molecule has 1 aromatic rings. The standard InChI is InChI=1S/C10H13N2O7P/c1-5-3-12(10(15)11-9(5)14)8-2-6(19-20(16)17)7(4-13)18-8/h3,6-8,13H,2,4H2,1H3,(H-,11,14,15,16,17)/p+1/t6-,7+,8+/m0/s1. The highest BCUT2D eigenvalue weighted by molar-refractivity contribution is 7.32. The number of hydrogen-bond acceptors (Lipinski definition) is 6. The smallest absolute Gasteiger partial charge is 0.394 e. The SMILES string of the molecule is Cc1cn([C@H]2C[C@H](O[P+](=O)O)[C@@H](CO)O2)c(=O)[nH]c1=O. The molecule has 0 bridgehead atoms. The largest absolute Gasteiger partial charge is 0.695 e. The molecule has 2 heterocycles. The molecule has 3 N–H and O–H groups in total. The van der Waals surface area contributed by atoms with E-state index in [-0.39, 0.29) is 6.42 Å². The molecule has 0 spiro atoms. The lowest BCUT2D eigenvalue weighted by Crippen LogP contribution is -2.33. The van der Waals surface area contributed by atoms with E-state index in [0.29, 0.717) is 5.56 Å². The summed E-state index contributed by atoms with van der Waals surface area (Å²) < 4.78 is 22.0. The molecule has 4 atom stereocenters. The zero-order valence-corrected chi connectivity index (χ0v) is 11.4. The van der Waals surface area contributed by atoms with Crippen LogP contribution in [0.3, 0.4) is 0 Å². The maximum atomic E-state index is 11.7. The van der Waals surface area contributed by atoms with Gasteiger partial charge in [0.25, 0.3) is 5.56 Å². The number of aliphatic hydroxyl groups excluding tert-OH is 1. The number of aliphatic hydroxyl groups is 1. The minimum atomic E-state index is -2.84. The van der Waals surface area contributed by atoms with E-state index < -0.39 is 44.5 Å². The Balaban J connectivity index is 2.27. The van der Waals surface area contributed by atoms with Gasteiger partial charge in [0.15, 0.2) is 0 Å². The van der Waals surface area contributed by atoms with E-state index in [1.54, 1.807) is 0 Å². The molecule has 2 rings (SSSR count). The van der Waals surface area contributed by atoms with E-state index in [4.69, 9.17) is 19.3 Å². The number of hydrogen-bond donors (Lipinski definition) is 3. The summed E-state index contributed by atoms with van der Waals surface area (Å²) in [5, 5.41) is 9.16. The van der Waals surface area contributed by atoms with Gasteiger partial charge in [-0.2, -0.15) is 0 Å². The van der Waals surface area contributed by atoms with Gasteiger partial charge >= 0.3 is 13.9 Å². The number of H-pyrrole nitrogens is 1. The number of aromatic amines is 1. The van der Waals surface area contributed by atoms with Gasteiger partial charge in [0.05, 0.1) is 6.61 Å². The minimum Gasteiger partial charge on any atom is -0.394 e. The van der Waals surface area contributed by atoms with Crippen molar-refractivity contribution in [1.82, 2.24) is 9.55 Å². The van der Waals surface area contributed by atoms with E-state index in [1.165, 1.54) is 13.1 Å². The molecular weight excluding hydrogens is 291 g/mol. The molecule has 1 aliphatic rings. The van der Waals surface area contributed by atoms with E-state index >= 15 is 0 Å². The monoisotopic (exact) mass is 305 g/mol. The summed E-state index contributed by atoms with van der Waals surface area (Å²) in [5.41, 5.74) is -0.822. The van der Waals surface area contributed by atoms with Crippen LogP contribution >= 0.6 is 8.25 Å². The molecule has 10 heteroatoms. The first-order valence-electron chi connectivity index (χ1n) is 5.83. The fourth-order valence-electron chi connectivity index (χ4n) is 2.06. The van der Waals surface area contributed by atoms with Gasteiger partial charge in [-0.05, 0) is 6.92 Å². The number of aryl methyl sites for hydroxylation is 1. The van der Waals surface area contributed by atoms with Crippen molar-refractivity contribution in [3.05, 3.63) is 32.6 Å². The van der Waals surface area contributed by atoms with Crippen LogP contribution in [0.2, 0.25) is 0 Å². The Morgan fingerprint density at radius 3 is 2.90 bits per heavy atom. The first-order valence-corrected chi connectivity index (χ1v) is 6.96. The van der Waals surface area contributed by atoms with Gasteiger partial charge in [-0.1, -0.05) is 0 Å². The van der Waals surface area contributed by atoms with Crippen molar-refractivity contribution < 1.29 is 23.8 Å². The summed E-state index contributed by atoms with van der Waals surface area (Å²) in [5.74, 6) is 0. The van der Waals surface area contributed by atoms with Crippen molar-refractivity contribution in [2.45, 2.75) is 31.8 Å². The van der Waals surface area contributed by atoms with Gasteiger partial charge in [0.1, 0.15) is 18.4 Å². The van der Waals surface area contributed by atoms with Crippen LogP contribution < -0.4 is 11.2 Å². The van der Waals surface area contributed by atoms with Crippen LogP contribution in [0.25, 0.3) is 0 Å². The molecule has 20 heavy (non-hydrogen) atoms. The number of ether oxygens (including phenoxy) is 1. The van der Waals surface area contributed by atoms with Gasteiger partial charge in [-0.15, -0.1) is 9.42 Å². The highest BCUT2D eigenvalue weighted by Gasteiger charge is 2.42. The summed E-state index contributed by atoms with van der Waals surface area (Å²) in [6.07, 6.45) is -0.960. The quantitative estimate of drug-likeness (QED) is 0.618. The molecule has 1 aromatic heterocycles. The van der Waals surface area contributed by atoms with Crippen LogP contribution in [0.15, 0.2) is 15.8 Å². The van der Waals surface area contributed by atoms with Gasteiger partial charge in [-0.25, -0.2) is 4.79 Å². The van der Waals surface area contributed by atoms with Gasteiger partial charge in [0, 0.05) is 22.7 Å². The third-order valence-electron chi connectivity index (χ3n) is 3.04. The zero-order valence-electron chi connectivity index (χ0n) is 10.6. The predicted octanol–water partition coefficient (Wildman–Crippen LogP) is -0.840. The Kier molecular flexibility index (Phi) is 4.46. The fourth-order valence-corrected chi connectivity index (χ4v) is 2.52. The van der Waals surface area contributed by atoms with E-state index in [9.17, 15) is 14.2 Å². The first-order chi connectivity index (χ1) is 9.42. The lowest BCUT2D eigenvalue weighted by atomic mass is 10.2. The predicted molar refractivity (Wildman–Crippen MR) is 66.4 cm³/mol. The summed E-state index contributed by atoms with van der Waals surface area (Å²) in [4.78, 5) is 33.9. The highest BCUT2D eigenvalue weighted by Crippen LogP contribution is 2.34. The normalized spacial score (nSPS) is 26.8. The lowest BCUT2D eigenvalue weighted by Gasteiger charge is -2.14. The van der Waals surface area contributed by atoms with Gasteiger partial charge in [-0.3, -0.25) is 14.3 Å². The minimum absolute atomic E-state index is 0.109. The highest BCUT2D eigenvalue weighted by atomic mass is 31.1. The lowest BCUT2D eigenvalue weighted by molar-refractivity contribution is -0.0424. The molecule has 0 saturated carbocycles. The second-order valence-electron chi connectivity index (χ2n) is 4.41. The van der Waals surface area contributed by atoms with E-state index in [1.807, 2.05) is 0 Å². The Bertz CT molecular complexity index is 625. The van der Waals surface area contributed by atoms with Gasteiger partial charge < -0.3 is 9.84 Å². The topological polar surface area (TPSA) is 131 Å². The van der Waals surface area contributed by atoms with Crippen LogP contribution in [0, 0.1) is 6.92 Å². The van der Waals surface area contributed by atoms with Crippen LogP contribution in [0.4, 0.5) is 0 Å². The number of aromatic nitrogens is 2. The van der Waals surface area contributed by atoms with Crippen LogP contribution in [0.1, 0.15) is 18.2 Å². The average molecular weight is 305 g/mol. The second-order valence-corrected chi connectivity index (χ2v) is 5.09. The molecule has 0 aromatic carbocycles. The zero-order chi connectivity index (χ0) is 14.9. The molecule has 1 fully saturated rings. The molecule has 1 aliphatic heterocycles. The maximum absolute atomic E-state index is 11.7. The van der Waals surface area contributed by atoms with E-state index in [0.717, 1.165) is 4.57 Å². The van der Waals surface area contributed by atoms with Gasteiger partial charge in [0.2, 0.25) is 0 Å². The molecule has 9 nitrogen and oxygen atoms in total. The molecule has 0 aliphatic carbocycles. The first kappa shape index (κ1) is 15.0. The number of rotatable bonds is 4. The van der Waals surface area contributed by atoms with Crippen LogP contribution in [-0.4, -0.2) is 38.4 Å². The van der Waals surface area contributed by atoms with Crippen LogP contribution in [0.5, 0.6) is 0 Å². The Labute approximate surface area is 113 Å². The summed E-state index contributed by atoms with van der Waals surface area (Å²) in [7, 11) is -2.84. The number of nitrogens with one attached hydrogen (secondary N) is 1. The Morgan fingerprint density at radius 2 is 2.30 bits per heavy atom. The van der Waals surface area contributed by atoms with Crippen molar-refractivity contribution >= 4 is 8.25 Å². The third-order valence-corrected chi connectivity index (χ3v) is 3.49. The molecule has 1 saturated heterocycles. The molecule has 0 radical (unpaired) electrons. The molecule has 0 amide bonds. The molecular formula is C10H14N2O7P+. The van der Waals surface area contributed by atoms with E-state index in [2.05, 4.69) is 4.98 Å². The summed E-state index contributed by atoms with van der Waals surface area (Å²) >= 11 is 0. The van der Waals surface area contributed by atoms with Crippen molar-refractivity contribution in [1.29, 1.82) is 0 Å². The fraction of sp³-hybridized carbons (Fsp3) is 0.600. The molecule has 110 valence electrons. The average Bonchev–Trinajstić information content (AvgIpc) is 2.75. The summed E-state index contributed by atoms with van der Waals surface area (Å²) in [6.45, 7) is 1.12. The van der Waals surface area contributed by atoms with Crippen molar-refractivity contribution in [2.24, 2.45) is 0 Å². The second kappa shape index (κ2) is 5.94. The van der Waals surface area contributed by atoms with Crippen molar-refractivity contribution in [3.8, 4) is 0 Å². The number of nitrogens with zero attached hydrogens (tertiary/aromatic N) is 1.